The number of ether oxygens (including phenoxy) is 1. The lowest BCUT2D eigenvalue weighted by molar-refractivity contribution is 0.0770. The van der Waals surface area contributed by atoms with E-state index >= 15 is 0 Å². The molecule has 1 atom stereocenters. The number of morpholine rings is 1. The van der Waals surface area contributed by atoms with Crippen LogP contribution < -0.4 is 5.32 Å². The van der Waals surface area contributed by atoms with E-state index in [0.717, 1.165) is 32.1 Å². The van der Waals surface area contributed by atoms with E-state index < -0.39 is 0 Å². The molecule has 1 aliphatic carbocycles. The van der Waals surface area contributed by atoms with Crippen LogP contribution in [0, 0.1) is 0 Å². The SMILES string of the molecule is c1sc(CC2COCCN2)nc1C1CCCCC1. The Kier molecular flexibility index (Phi) is 4.28. The van der Waals surface area contributed by atoms with Gasteiger partial charge in [-0.05, 0) is 12.8 Å². The minimum Gasteiger partial charge on any atom is -0.379 e. The highest BCUT2D eigenvalue weighted by Crippen LogP contribution is 2.33. The Hall–Kier alpha value is -0.450. The summed E-state index contributed by atoms with van der Waals surface area (Å²) >= 11 is 1.83. The van der Waals surface area contributed by atoms with Crippen LogP contribution in [0.1, 0.15) is 48.7 Å². The fraction of sp³-hybridized carbons (Fsp3) is 0.786. The van der Waals surface area contributed by atoms with Crippen molar-refractivity contribution in [3.05, 3.63) is 16.1 Å². The highest BCUT2D eigenvalue weighted by molar-refractivity contribution is 7.09. The summed E-state index contributed by atoms with van der Waals surface area (Å²) in [6, 6.07) is 0.462. The first-order valence-electron chi connectivity index (χ1n) is 7.17. The van der Waals surface area contributed by atoms with Gasteiger partial charge in [0.15, 0.2) is 0 Å². The summed E-state index contributed by atoms with van der Waals surface area (Å²) in [6.45, 7) is 2.66. The van der Waals surface area contributed by atoms with E-state index in [1.807, 2.05) is 11.3 Å². The topological polar surface area (TPSA) is 34.1 Å². The minimum absolute atomic E-state index is 0.462. The van der Waals surface area contributed by atoms with Crippen LogP contribution in [-0.2, 0) is 11.2 Å². The number of rotatable bonds is 3. The zero-order valence-corrected chi connectivity index (χ0v) is 11.7. The van der Waals surface area contributed by atoms with Gasteiger partial charge in [0.05, 0.1) is 23.9 Å². The first kappa shape index (κ1) is 12.6. The van der Waals surface area contributed by atoms with Gasteiger partial charge >= 0.3 is 0 Å². The molecule has 2 fully saturated rings. The van der Waals surface area contributed by atoms with Gasteiger partial charge in [-0.2, -0.15) is 0 Å². The molecule has 3 nitrogen and oxygen atoms in total. The molecule has 0 radical (unpaired) electrons. The van der Waals surface area contributed by atoms with Crippen LogP contribution >= 0.6 is 11.3 Å². The van der Waals surface area contributed by atoms with E-state index in [4.69, 9.17) is 9.72 Å². The van der Waals surface area contributed by atoms with E-state index in [1.165, 1.54) is 42.8 Å². The van der Waals surface area contributed by atoms with Gasteiger partial charge in [0, 0.05) is 30.3 Å². The third kappa shape index (κ3) is 3.11. The van der Waals surface area contributed by atoms with Gasteiger partial charge in [-0.3, -0.25) is 0 Å². The summed E-state index contributed by atoms with van der Waals surface area (Å²) in [5, 5.41) is 7.06. The van der Waals surface area contributed by atoms with Crippen LogP contribution in [0.15, 0.2) is 5.38 Å². The minimum atomic E-state index is 0.462. The Morgan fingerprint density at radius 2 is 2.22 bits per heavy atom. The van der Waals surface area contributed by atoms with E-state index in [0.29, 0.717) is 6.04 Å². The summed E-state index contributed by atoms with van der Waals surface area (Å²) in [4.78, 5) is 4.85. The van der Waals surface area contributed by atoms with Crippen molar-refractivity contribution in [2.75, 3.05) is 19.8 Å². The molecule has 100 valence electrons. The molecule has 1 aliphatic heterocycles. The maximum Gasteiger partial charge on any atom is 0.0944 e. The number of nitrogens with zero attached hydrogens (tertiary/aromatic N) is 1. The Bertz CT molecular complexity index is 368. The summed E-state index contributed by atoms with van der Waals surface area (Å²) in [7, 11) is 0. The summed E-state index contributed by atoms with van der Waals surface area (Å²) in [5.74, 6) is 0.735. The highest BCUT2D eigenvalue weighted by atomic mass is 32.1. The van der Waals surface area contributed by atoms with Crippen molar-refractivity contribution < 1.29 is 4.74 Å². The summed E-state index contributed by atoms with van der Waals surface area (Å²) in [5.41, 5.74) is 1.35. The molecule has 2 heterocycles. The summed E-state index contributed by atoms with van der Waals surface area (Å²) < 4.78 is 5.49. The van der Waals surface area contributed by atoms with E-state index in [2.05, 4.69) is 10.7 Å². The van der Waals surface area contributed by atoms with Crippen LogP contribution in [0.2, 0.25) is 0 Å². The fourth-order valence-electron chi connectivity index (χ4n) is 2.97. The lowest BCUT2D eigenvalue weighted by Crippen LogP contribution is -2.42. The lowest BCUT2D eigenvalue weighted by Gasteiger charge is -2.23. The van der Waals surface area contributed by atoms with E-state index in [9.17, 15) is 0 Å². The van der Waals surface area contributed by atoms with Crippen molar-refractivity contribution >= 4 is 11.3 Å². The van der Waals surface area contributed by atoms with Crippen LogP contribution in [0.25, 0.3) is 0 Å². The first-order valence-corrected chi connectivity index (χ1v) is 8.05. The second-order valence-electron chi connectivity index (χ2n) is 5.43. The highest BCUT2D eigenvalue weighted by Gasteiger charge is 2.20. The van der Waals surface area contributed by atoms with Crippen LogP contribution in [0.3, 0.4) is 0 Å². The van der Waals surface area contributed by atoms with Gasteiger partial charge in [0.25, 0.3) is 0 Å². The van der Waals surface area contributed by atoms with Gasteiger partial charge in [-0.15, -0.1) is 11.3 Å². The molecule has 1 aromatic rings. The van der Waals surface area contributed by atoms with Crippen molar-refractivity contribution in [1.29, 1.82) is 0 Å². The molecule has 0 aromatic carbocycles. The molecule has 1 saturated carbocycles. The molecule has 4 heteroatoms. The monoisotopic (exact) mass is 266 g/mol. The van der Waals surface area contributed by atoms with Crippen LogP contribution in [0.4, 0.5) is 0 Å². The van der Waals surface area contributed by atoms with Crippen molar-refractivity contribution in [3.8, 4) is 0 Å². The maximum absolute atomic E-state index is 5.49. The molecule has 1 aromatic heterocycles. The average molecular weight is 266 g/mol. The molecular formula is C14H22N2OS. The van der Waals surface area contributed by atoms with Gasteiger partial charge in [0.1, 0.15) is 0 Å². The average Bonchev–Trinajstić information content (AvgIpc) is 2.89. The van der Waals surface area contributed by atoms with Gasteiger partial charge in [-0.1, -0.05) is 19.3 Å². The van der Waals surface area contributed by atoms with E-state index in [-0.39, 0.29) is 0 Å². The fourth-order valence-corrected chi connectivity index (χ4v) is 3.92. The van der Waals surface area contributed by atoms with Gasteiger partial charge in [-0.25, -0.2) is 4.98 Å². The van der Waals surface area contributed by atoms with Gasteiger partial charge in [0.2, 0.25) is 0 Å². The number of hydrogen-bond donors (Lipinski definition) is 1. The molecular weight excluding hydrogens is 244 g/mol. The lowest BCUT2D eigenvalue weighted by atomic mass is 9.87. The second kappa shape index (κ2) is 6.13. The molecule has 18 heavy (non-hydrogen) atoms. The zero-order chi connectivity index (χ0) is 12.2. The Balaban J connectivity index is 1.58. The largest absolute Gasteiger partial charge is 0.379 e. The van der Waals surface area contributed by atoms with Crippen molar-refractivity contribution in [3.63, 3.8) is 0 Å². The first-order chi connectivity index (χ1) is 8.92. The predicted molar refractivity (Wildman–Crippen MR) is 74.3 cm³/mol. The number of thiazole rings is 1. The Labute approximate surface area is 113 Å². The molecule has 0 bridgehead atoms. The number of hydrogen-bond acceptors (Lipinski definition) is 4. The molecule has 1 saturated heterocycles. The van der Waals surface area contributed by atoms with Crippen molar-refractivity contribution in [1.82, 2.24) is 10.3 Å². The van der Waals surface area contributed by atoms with Gasteiger partial charge < -0.3 is 10.1 Å². The van der Waals surface area contributed by atoms with Crippen LogP contribution in [0.5, 0.6) is 0 Å². The molecule has 1 N–H and O–H groups in total. The van der Waals surface area contributed by atoms with Crippen molar-refractivity contribution in [2.45, 2.75) is 50.5 Å². The van der Waals surface area contributed by atoms with Crippen LogP contribution in [-0.4, -0.2) is 30.8 Å². The van der Waals surface area contributed by atoms with E-state index in [1.54, 1.807) is 0 Å². The summed E-state index contributed by atoms with van der Waals surface area (Å²) in [6.07, 6.45) is 7.89. The molecule has 2 aliphatic rings. The van der Waals surface area contributed by atoms with Crippen molar-refractivity contribution in [2.24, 2.45) is 0 Å². The standard InChI is InChI=1S/C14H22N2OS/c1-2-4-11(5-3-1)13-10-18-14(16-13)8-12-9-17-7-6-15-12/h10-12,15H,1-9H2. The molecule has 0 amide bonds. The maximum atomic E-state index is 5.49. The second-order valence-corrected chi connectivity index (χ2v) is 6.37. The normalized spacial score (nSPS) is 26.3. The Morgan fingerprint density at radius 3 is 3.00 bits per heavy atom. The quantitative estimate of drug-likeness (QED) is 0.913. The third-order valence-electron chi connectivity index (χ3n) is 4.01. The predicted octanol–water partition coefficient (Wildman–Crippen LogP) is 2.72. The Morgan fingerprint density at radius 1 is 1.33 bits per heavy atom. The molecule has 1 unspecified atom stereocenters. The third-order valence-corrected chi connectivity index (χ3v) is 4.90. The number of nitrogens with one attached hydrogen (secondary N) is 1. The smallest absolute Gasteiger partial charge is 0.0944 e. The molecule has 3 rings (SSSR count). The number of aromatic nitrogens is 1. The molecule has 0 spiro atoms. The zero-order valence-electron chi connectivity index (χ0n) is 10.9.